The predicted molar refractivity (Wildman–Crippen MR) is 214 cm³/mol. The summed E-state index contributed by atoms with van der Waals surface area (Å²) < 4.78 is 0. The van der Waals surface area contributed by atoms with Crippen LogP contribution in [0.4, 0.5) is 17.1 Å². The van der Waals surface area contributed by atoms with Crippen LogP contribution in [0.3, 0.4) is 0 Å². The minimum Gasteiger partial charge on any atom is -0.309 e. The van der Waals surface area contributed by atoms with Crippen molar-refractivity contribution in [1.29, 1.82) is 0 Å². The summed E-state index contributed by atoms with van der Waals surface area (Å²) in [7, 11) is 0. The minimum absolute atomic E-state index is 0.738. The van der Waals surface area contributed by atoms with Crippen molar-refractivity contribution in [2.45, 2.75) is 19.6 Å². The zero-order valence-electron chi connectivity index (χ0n) is 27.2. The van der Waals surface area contributed by atoms with E-state index in [1.54, 1.807) is 0 Å². The predicted octanol–water partition coefficient (Wildman–Crippen LogP) is 13.3. The Morgan fingerprint density at radius 2 is 1.18 bits per heavy atom. The van der Waals surface area contributed by atoms with Crippen molar-refractivity contribution in [1.82, 2.24) is 9.97 Å². The zero-order valence-corrected chi connectivity index (χ0v) is 28.9. The highest BCUT2D eigenvalue weighted by Gasteiger charge is 2.31. The largest absolute Gasteiger partial charge is 0.309 e. The lowest BCUT2D eigenvalue weighted by Gasteiger charge is -2.30. The zero-order chi connectivity index (χ0) is 33.5. The van der Waals surface area contributed by atoms with Gasteiger partial charge in [0.25, 0.3) is 0 Å². The minimum atomic E-state index is 0.738. The number of anilines is 3. The summed E-state index contributed by atoms with van der Waals surface area (Å²) in [6.45, 7) is 0. The van der Waals surface area contributed by atoms with E-state index in [0.717, 1.165) is 50.3 Å². The van der Waals surface area contributed by atoms with Gasteiger partial charge in [0, 0.05) is 47.8 Å². The van der Waals surface area contributed by atoms with Crippen LogP contribution >= 0.6 is 23.5 Å². The van der Waals surface area contributed by atoms with Gasteiger partial charge in [-0.05, 0) is 70.3 Å². The van der Waals surface area contributed by atoms with E-state index < -0.39 is 0 Å². The molecule has 0 N–H and O–H groups in total. The van der Waals surface area contributed by atoms with Gasteiger partial charge in [-0.1, -0.05) is 139 Å². The van der Waals surface area contributed by atoms with Gasteiger partial charge in [0.05, 0.1) is 27.5 Å². The van der Waals surface area contributed by atoms with Crippen molar-refractivity contribution >= 4 is 73.0 Å². The molecule has 0 amide bonds. The second-order valence-electron chi connectivity index (χ2n) is 13.0. The summed E-state index contributed by atoms with van der Waals surface area (Å²) in [4.78, 5) is 18.1. The van der Waals surface area contributed by atoms with Crippen LogP contribution in [0, 0.1) is 0 Å². The quantitative estimate of drug-likeness (QED) is 0.185. The van der Waals surface area contributed by atoms with Crippen LogP contribution in [0.25, 0.3) is 66.2 Å². The molecule has 0 aliphatic carbocycles. The molecular weight excluding hydrogens is 659 g/mol. The van der Waals surface area contributed by atoms with Crippen molar-refractivity contribution in [3.05, 3.63) is 164 Å². The SMILES string of the molecule is c1ccc(-c2nc(-c3cc4c5c6c(cccc36)-c3cc6ccccc6cc3N(c3ccccc3)c3cccc(c3S5)S4)nc3ccccc23)cc1. The van der Waals surface area contributed by atoms with Crippen LogP contribution in [0.2, 0.25) is 0 Å². The molecule has 51 heavy (non-hydrogen) atoms. The average Bonchev–Trinajstić information content (AvgIpc) is 3.24. The smallest absolute Gasteiger partial charge is 0.161 e. The van der Waals surface area contributed by atoms with Gasteiger partial charge in [-0.25, -0.2) is 9.97 Å². The summed E-state index contributed by atoms with van der Waals surface area (Å²) in [5.74, 6) is 0.738. The fraction of sp³-hybridized carbons (Fsp3) is 0. The number of fused-ring (bicyclic) bond motifs is 4. The maximum atomic E-state index is 5.37. The molecular formula is C46H27N3S2. The first-order chi connectivity index (χ1) is 25.3. The molecule has 0 radical (unpaired) electrons. The highest BCUT2D eigenvalue weighted by atomic mass is 32.2. The van der Waals surface area contributed by atoms with Crippen LogP contribution in [-0.2, 0) is 0 Å². The third-order valence-electron chi connectivity index (χ3n) is 10.0. The Morgan fingerprint density at radius 1 is 0.451 bits per heavy atom. The maximum absolute atomic E-state index is 5.37. The number of para-hydroxylation sites is 2. The summed E-state index contributed by atoms with van der Waals surface area (Å²) in [5, 5.41) is 5.88. The average molecular weight is 686 g/mol. The van der Waals surface area contributed by atoms with Gasteiger partial charge in [0.15, 0.2) is 5.82 Å². The van der Waals surface area contributed by atoms with E-state index in [1.807, 2.05) is 23.5 Å². The molecule has 0 unspecified atom stereocenters. The molecule has 3 nitrogen and oxygen atoms in total. The Bertz CT molecular complexity index is 2870. The molecule has 0 atom stereocenters. The summed E-state index contributed by atoms with van der Waals surface area (Å²) >= 11 is 3.75. The van der Waals surface area contributed by atoms with Gasteiger partial charge in [0.2, 0.25) is 0 Å². The molecule has 238 valence electrons. The number of hydrogen-bond acceptors (Lipinski definition) is 5. The van der Waals surface area contributed by atoms with Crippen LogP contribution in [-0.4, -0.2) is 9.97 Å². The van der Waals surface area contributed by atoms with Gasteiger partial charge in [-0.2, -0.15) is 0 Å². The summed E-state index contributed by atoms with van der Waals surface area (Å²) in [5.41, 5.74) is 9.90. The first-order valence-electron chi connectivity index (χ1n) is 17.1. The van der Waals surface area contributed by atoms with E-state index in [1.165, 1.54) is 52.6 Å². The molecule has 11 rings (SSSR count). The summed E-state index contributed by atoms with van der Waals surface area (Å²) in [6.07, 6.45) is 0. The Hall–Kier alpha value is -5.88. The maximum Gasteiger partial charge on any atom is 0.161 e. The molecule has 5 heteroatoms. The molecule has 2 bridgehead atoms. The lowest BCUT2D eigenvalue weighted by molar-refractivity contribution is 1.14. The molecule has 0 saturated carbocycles. The molecule has 9 aromatic rings. The van der Waals surface area contributed by atoms with Gasteiger partial charge in [-0.15, -0.1) is 0 Å². The van der Waals surface area contributed by atoms with Crippen LogP contribution in [0.1, 0.15) is 0 Å². The number of aromatic nitrogens is 2. The van der Waals surface area contributed by atoms with E-state index >= 15 is 0 Å². The summed E-state index contributed by atoms with van der Waals surface area (Å²) in [6, 6.07) is 58.9. The molecule has 0 fully saturated rings. The number of hydrogen-bond donors (Lipinski definition) is 0. The van der Waals surface area contributed by atoms with E-state index in [0.29, 0.717) is 0 Å². The first kappa shape index (κ1) is 28.9. The fourth-order valence-corrected chi connectivity index (χ4v) is 10.3. The van der Waals surface area contributed by atoms with E-state index in [2.05, 4.69) is 169 Å². The fourth-order valence-electron chi connectivity index (χ4n) is 7.72. The van der Waals surface area contributed by atoms with Crippen molar-refractivity contribution < 1.29 is 0 Å². The van der Waals surface area contributed by atoms with Crippen molar-refractivity contribution in [2.75, 3.05) is 4.90 Å². The highest BCUT2D eigenvalue weighted by molar-refractivity contribution is 8.05. The monoisotopic (exact) mass is 685 g/mol. The van der Waals surface area contributed by atoms with Gasteiger partial charge in [0.1, 0.15) is 0 Å². The number of rotatable bonds is 3. The molecule has 0 saturated heterocycles. The van der Waals surface area contributed by atoms with Gasteiger partial charge in [-0.3, -0.25) is 0 Å². The molecule has 8 aromatic carbocycles. The second kappa shape index (κ2) is 11.3. The number of benzene rings is 8. The van der Waals surface area contributed by atoms with Crippen LogP contribution in [0.15, 0.2) is 183 Å². The molecule has 2 aliphatic heterocycles. The van der Waals surface area contributed by atoms with Gasteiger partial charge >= 0.3 is 0 Å². The van der Waals surface area contributed by atoms with Crippen molar-refractivity contribution in [3.8, 4) is 33.8 Å². The Balaban J connectivity index is 1.28. The van der Waals surface area contributed by atoms with Crippen LogP contribution in [0.5, 0.6) is 0 Å². The lowest BCUT2D eigenvalue weighted by atomic mass is 9.92. The standard InChI is InChI=1S/C46H27N3S2/c1-3-13-28(14-4-1)43-34-19-9-10-22-37(34)47-46(48-43)36-27-41-45-42-32(20-11-21-33(36)42)35-25-29-15-7-8-16-30(29)26-39(35)49(31-17-5-2-6-18-31)38-23-12-24-40(50-41)44(38)51-45/h1-27H. The molecule has 3 heterocycles. The Kier molecular flexibility index (Phi) is 6.42. The third kappa shape index (κ3) is 4.48. The van der Waals surface area contributed by atoms with E-state index in [-0.39, 0.29) is 0 Å². The lowest BCUT2D eigenvalue weighted by Crippen LogP contribution is -2.12. The Labute approximate surface area is 303 Å². The highest BCUT2D eigenvalue weighted by Crippen LogP contribution is 2.60. The first-order valence-corrected chi connectivity index (χ1v) is 18.7. The molecule has 2 aliphatic rings. The molecule has 1 aromatic heterocycles. The Morgan fingerprint density at radius 3 is 2.04 bits per heavy atom. The van der Waals surface area contributed by atoms with E-state index in [9.17, 15) is 0 Å². The second-order valence-corrected chi connectivity index (χ2v) is 15.1. The molecule has 0 spiro atoms. The van der Waals surface area contributed by atoms with Crippen LogP contribution < -0.4 is 4.90 Å². The third-order valence-corrected chi connectivity index (χ3v) is 12.6. The van der Waals surface area contributed by atoms with Gasteiger partial charge < -0.3 is 4.90 Å². The normalized spacial score (nSPS) is 12.9. The topological polar surface area (TPSA) is 29.0 Å². The van der Waals surface area contributed by atoms with Crippen molar-refractivity contribution in [3.63, 3.8) is 0 Å². The number of nitrogens with zero attached hydrogens (tertiary/aromatic N) is 3. The van der Waals surface area contributed by atoms with Crippen molar-refractivity contribution in [2.24, 2.45) is 0 Å². The van der Waals surface area contributed by atoms with E-state index in [4.69, 9.17) is 9.97 Å².